The monoisotopic (exact) mass is 222 g/mol. The van der Waals surface area contributed by atoms with E-state index in [1.807, 2.05) is 43.3 Å². The molecule has 4 heteroatoms. The first-order valence-corrected chi connectivity index (χ1v) is 5.25. The molecule has 0 bridgehead atoms. The zero-order chi connectivity index (χ0) is 12.0. The molecule has 0 saturated heterocycles. The summed E-state index contributed by atoms with van der Waals surface area (Å²) in [5.41, 5.74) is 7.43. The van der Waals surface area contributed by atoms with E-state index in [2.05, 4.69) is 0 Å². The van der Waals surface area contributed by atoms with E-state index in [-0.39, 0.29) is 12.5 Å². The summed E-state index contributed by atoms with van der Waals surface area (Å²) in [6.45, 7) is 0.330. The fourth-order valence-electron chi connectivity index (χ4n) is 1.30. The van der Waals surface area contributed by atoms with Gasteiger partial charge in [0.15, 0.2) is 0 Å². The molecule has 0 aliphatic rings. The normalized spacial score (nSPS) is 9.94. The summed E-state index contributed by atoms with van der Waals surface area (Å²) in [6.07, 6.45) is 0.722. The van der Waals surface area contributed by atoms with Gasteiger partial charge in [0.2, 0.25) is 0 Å². The van der Waals surface area contributed by atoms with Crippen LogP contribution in [0.4, 0.5) is 5.69 Å². The van der Waals surface area contributed by atoms with Gasteiger partial charge in [-0.05, 0) is 17.7 Å². The number of carbonyl (C=O) groups is 1. The van der Waals surface area contributed by atoms with Crippen LogP contribution in [0.5, 0.6) is 0 Å². The van der Waals surface area contributed by atoms with Gasteiger partial charge in [-0.3, -0.25) is 4.79 Å². The van der Waals surface area contributed by atoms with Crippen molar-refractivity contribution in [2.75, 3.05) is 32.1 Å². The van der Waals surface area contributed by atoms with Gasteiger partial charge in [0.25, 0.3) is 0 Å². The van der Waals surface area contributed by atoms with Gasteiger partial charge in [-0.15, -0.1) is 0 Å². The minimum atomic E-state index is -0.357. The van der Waals surface area contributed by atoms with E-state index in [1.165, 1.54) is 0 Å². The van der Waals surface area contributed by atoms with Crippen LogP contribution in [0, 0.1) is 0 Å². The fraction of sp³-hybridized carbons (Fsp3) is 0.417. The van der Waals surface area contributed by atoms with E-state index in [0.717, 1.165) is 17.7 Å². The lowest BCUT2D eigenvalue weighted by molar-refractivity contribution is -0.141. The first-order valence-electron chi connectivity index (χ1n) is 5.25. The quantitative estimate of drug-likeness (QED) is 0.749. The Morgan fingerprint density at radius 2 is 1.94 bits per heavy atom. The van der Waals surface area contributed by atoms with Crippen LogP contribution in [0.1, 0.15) is 5.56 Å². The van der Waals surface area contributed by atoms with Gasteiger partial charge in [0.1, 0.15) is 0 Å². The van der Waals surface area contributed by atoms with Gasteiger partial charge < -0.3 is 15.4 Å². The van der Waals surface area contributed by atoms with Crippen molar-refractivity contribution in [2.24, 2.45) is 5.73 Å². The largest absolute Gasteiger partial charge is 0.464 e. The smallest absolute Gasteiger partial charge is 0.319 e. The van der Waals surface area contributed by atoms with Crippen LogP contribution >= 0.6 is 0 Å². The molecule has 0 spiro atoms. The van der Waals surface area contributed by atoms with Crippen LogP contribution in [-0.2, 0) is 16.0 Å². The fourth-order valence-corrected chi connectivity index (χ4v) is 1.30. The first-order chi connectivity index (χ1) is 7.63. The van der Waals surface area contributed by atoms with Crippen LogP contribution in [-0.4, -0.2) is 33.2 Å². The highest BCUT2D eigenvalue weighted by Gasteiger charge is 2.00. The van der Waals surface area contributed by atoms with Gasteiger partial charge >= 0.3 is 5.97 Å². The molecular formula is C12H18N2O2. The molecule has 0 atom stereocenters. The Morgan fingerprint density at radius 1 is 1.31 bits per heavy atom. The predicted octanol–water partition coefficient (Wildman–Crippen LogP) is 0.797. The summed E-state index contributed by atoms with van der Waals surface area (Å²) in [5, 5.41) is 0. The zero-order valence-electron chi connectivity index (χ0n) is 9.77. The number of carbonyl (C=O) groups excluding carboxylic acids is 1. The van der Waals surface area contributed by atoms with E-state index >= 15 is 0 Å². The third-order valence-corrected chi connectivity index (χ3v) is 2.27. The maximum atomic E-state index is 10.8. The lowest BCUT2D eigenvalue weighted by Crippen LogP contribution is -2.17. The molecule has 1 rings (SSSR count). The van der Waals surface area contributed by atoms with Crippen molar-refractivity contribution >= 4 is 11.7 Å². The highest BCUT2D eigenvalue weighted by Crippen LogP contribution is 2.12. The Kier molecular flexibility index (Phi) is 4.79. The Hall–Kier alpha value is -1.55. The van der Waals surface area contributed by atoms with Gasteiger partial charge in [-0.25, -0.2) is 0 Å². The minimum Gasteiger partial charge on any atom is -0.464 e. The SMILES string of the molecule is CN(C)c1ccc(CCOC(=O)CN)cc1. The Balaban J connectivity index is 2.40. The number of rotatable bonds is 5. The lowest BCUT2D eigenvalue weighted by atomic mass is 10.1. The van der Waals surface area contributed by atoms with Crippen molar-refractivity contribution in [1.29, 1.82) is 0 Å². The van der Waals surface area contributed by atoms with Gasteiger partial charge in [0, 0.05) is 26.2 Å². The first kappa shape index (κ1) is 12.5. The average molecular weight is 222 g/mol. The summed E-state index contributed by atoms with van der Waals surface area (Å²) in [6, 6.07) is 8.15. The third-order valence-electron chi connectivity index (χ3n) is 2.27. The van der Waals surface area contributed by atoms with Crippen molar-refractivity contribution in [2.45, 2.75) is 6.42 Å². The molecule has 2 N–H and O–H groups in total. The molecule has 0 aliphatic carbocycles. The van der Waals surface area contributed by atoms with Crippen molar-refractivity contribution in [1.82, 2.24) is 0 Å². The van der Waals surface area contributed by atoms with Crippen molar-refractivity contribution in [3.8, 4) is 0 Å². The van der Waals surface area contributed by atoms with Gasteiger partial charge in [0.05, 0.1) is 13.2 Å². The number of nitrogens with two attached hydrogens (primary N) is 1. The maximum absolute atomic E-state index is 10.8. The van der Waals surface area contributed by atoms with E-state index in [0.29, 0.717) is 6.61 Å². The summed E-state index contributed by atoms with van der Waals surface area (Å²) in [4.78, 5) is 12.8. The molecule has 0 heterocycles. The number of hydrogen-bond acceptors (Lipinski definition) is 4. The summed E-state index contributed by atoms with van der Waals surface area (Å²) >= 11 is 0. The van der Waals surface area contributed by atoms with Crippen LogP contribution in [0.2, 0.25) is 0 Å². The number of benzene rings is 1. The molecule has 0 saturated carbocycles. The topological polar surface area (TPSA) is 55.6 Å². The van der Waals surface area contributed by atoms with E-state index < -0.39 is 0 Å². The number of esters is 1. The maximum Gasteiger partial charge on any atom is 0.319 e. The molecule has 0 aliphatic heterocycles. The standard InChI is InChI=1S/C12H18N2O2/c1-14(2)11-5-3-10(4-6-11)7-8-16-12(15)9-13/h3-6H,7-9,13H2,1-2H3. The van der Waals surface area contributed by atoms with Crippen LogP contribution in [0.3, 0.4) is 0 Å². The second-order valence-electron chi connectivity index (χ2n) is 3.74. The van der Waals surface area contributed by atoms with E-state index in [9.17, 15) is 4.79 Å². The molecule has 0 amide bonds. The highest BCUT2D eigenvalue weighted by atomic mass is 16.5. The van der Waals surface area contributed by atoms with Gasteiger partial charge in [-0.2, -0.15) is 0 Å². The van der Waals surface area contributed by atoms with E-state index in [1.54, 1.807) is 0 Å². The summed E-state index contributed by atoms with van der Waals surface area (Å²) in [5.74, 6) is -0.357. The van der Waals surface area contributed by atoms with Gasteiger partial charge in [-0.1, -0.05) is 12.1 Å². The minimum absolute atomic E-state index is 0.0560. The molecule has 0 radical (unpaired) electrons. The zero-order valence-corrected chi connectivity index (χ0v) is 9.77. The molecular weight excluding hydrogens is 204 g/mol. The van der Waals surface area contributed by atoms with Crippen molar-refractivity contribution < 1.29 is 9.53 Å². The van der Waals surface area contributed by atoms with Crippen LogP contribution in [0.25, 0.3) is 0 Å². The molecule has 4 nitrogen and oxygen atoms in total. The van der Waals surface area contributed by atoms with E-state index in [4.69, 9.17) is 10.5 Å². The second-order valence-corrected chi connectivity index (χ2v) is 3.74. The molecule has 1 aromatic carbocycles. The summed E-state index contributed by atoms with van der Waals surface area (Å²) < 4.78 is 4.90. The molecule has 0 aromatic heterocycles. The molecule has 0 fully saturated rings. The van der Waals surface area contributed by atoms with Crippen molar-refractivity contribution in [3.63, 3.8) is 0 Å². The van der Waals surface area contributed by atoms with Crippen molar-refractivity contribution in [3.05, 3.63) is 29.8 Å². The molecule has 0 unspecified atom stereocenters. The number of hydrogen-bond donors (Lipinski definition) is 1. The second kappa shape index (κ2) is 6.12. The average Bonchev–Trinajstić information content (AvgIpc) is 2.29. The Labute approximate surface area is 96.0 Å². The number of anilines is 1. The molecule has 16 heavy (non-hydrogen) atoms. The Morgan fingerprint density at radius 3 is 2.44 bits per heavy atom. The Bertz CT molecular complexity index is 333. The predicted molar refractivity (Wildman–Crippen MR) is 64.5 cm³/mol. The lowest BCUT2D eigenvalue weighted by Gasteiger charge is -2.12. The highest BCUT2D eigenvalue weighted by molar-refractivity contribution is 5.71. The third kappa shape index (κ3) is 3.90. The summed E-state index contributed by atoms with van der Waals surface area (Å²) in [7, 11) is 4.00. The van der Waals surface area contributed by atoms with Crippen LogP contribution < -0.4 is 10.6 Å². The van der Waals surface area contributed by atoms with Crippen LogP contribution in [0.15, 0.2) is 24.3 Å². The number of ether oxygens (including phenoxy) is 1. The number of nitrogens with zero attached hydrogens (tertiary/aromatic N) is 1. The molecule has 1 aromatic rings. The molecule has 88 valence electrons.